The number of ether oxygens (including phenoxy) is 1. The summed E-state index contributed by atoms with van der Waals surface area (Å²) in [5.74, 6) is 6.01. The van der Waals surface area contributed by atoms with E-state index < -0.39 is 0 Å². The molecular formula is C10H13NO2. The molecule has 0 aliphatic carbocycles. The molecule has 0 unspecified atom stereocenters. The first kappa shape index (κ1) is 8.53. The van der Waals surface area contributed by atoms with Crippen LogP contribution in [0.4, 0.5) is 0 Å². The Kier molecular flexibility index (Phi) is 2.47. The molecule has 2 N–H and O–H groups in total. The molecule has 0 fully saturated rings. The van der Waals surface area contributed by atoms with Crippen LogP contribution in [0.3, 0.4) is 0 Å². The Hall–Kier alpha value is -1.06. The SMILES string of the molecule is NOCc1cccc2c1OCCC2. The van der Waals surface area contributed by atoms with E-state index in [-0.39, 0.29) is 0 Å². The van der Waals surface area contributed by atoms with Crippen molar-refractivity contribution < 1.29 is 9.57 Å². The van der Waals surface area contributed by atoms with Gasteiger partial charge in [0.25, 0.3) is 0 Å². The van der Waals surface area contributed by atoms with E-state index in [2.05, 4.69) is 10.9 Å². The number of hydrogen-bond acceptors (Lipinski definition) is 3. The van der Waals surface area contributed by atoms with Crippen molar-refractivity contribution in [1.82, 2.24) is 0 Å². The molecular weight excluding hydrogens is 166 g/mol. The molecule has 1 aliphatic rings. The molecule has 0 aromatic heterocycles. The monoisotopic (exact) mass is 179 g/mol. The zero-order valence-corrected chi connectivity index (χ0v) is 7.45. The summed E-state index contributed by atoms with van der Waals surface area (Å²) in [6, 6.07) is 6.09. The third kappa shape index (κ3) is 1.66. The van der Waals surface area contributed by atoms with Gasteiger partial charge in [0.05, 0.1) is 13.2 Å². The van der Waals surface area contributed by atoms with Gasteiger partial charge in [-0.05, 0) is 18.4 Å². The van der Waals surface area contributed by atoms with Gasteiger partial charge in [0.2, 0.25) is 0 Å². The molecule has 0 amide bonds. The van der Waals surface area contributed by atoms with Crippen molar-refractivity contribution in [2.24, 2.45) is 5.90 Å². The van der Waals surface area contributed by atoms with Gasteiger partial charge in [-0.2, -0.15) is 0 Å². The zero-order chi connectivity index (χ0) is 9.10. The molecule has 0 bridgehead atoms. The van der Waals surface area contributed by atoms with Crippen LogP contribution in [-0.2, 0) is 17.9 Å². The van der Waals surface area contributed by atoms with Crippen LogP contribution < -0.4 is 10.6 Å². The molecule has 3 nitrogen and oxygen atoms in total. The van der Waals surface area contributed by atoms with E-state index in [4.69, 9.17) is 10.6 Å². The molecule has 1 aromatic rings. The first-order valence-corrected chi connectivity index (χ1v) is 4.47. The van der Waals surface area contributed by atoms with E-state index in [0.29, 0.717) is 6.61 Å². The number of para-hydroxylation sites is 1. The minimum Gasteiger partial charge on any atom is -0.493 e. The Morgan fingerprint density at radius 3 is 3.23 bits per heavy atom. The fourth-order valence-electron chi connectivity index (χ4n) is 1.66. The summed E-state index contributed by atoms with van der Waals surface area (Å²) >= 11 is 0. The van der Waals surface area contributed by atoms with Crippen LogP contribution >= 0.6 is 0 Å². The van der Waals surface area contributed by atoms with Gasteiger partial charge in [-0.25, -0.2) is 5.90 Å². The molecule has 1 aromatic carbocycles. The van der Waals surface area contributed by atoms with Crippen molar-refractivity contribution in [3.8, 4) is 5.75 Å². The number of nitrogens with two attached hydrogens (primary N) is 1. The number of aryl methyl sites for hydroxylation is 1. The predicted molar refractivity (Wildman–Crippen MR) is 49.2 cm³/mol. The number of rotatable bonds is 2. The van der Waals surface area contributed by atoms with Gasteiger partial charge < -0.3 is 4.74 Å². The lowest BCUT2D eigenvalue weighted by Crippen LogP contribution is -2.11. The minimum atomic E-state index is 0.420. The molecule has 70 valence electrons. The highest BCUT2D eigenvalue weighted by Crippen LogP contribution is 2.28. The zero-order valence-electron chi connectivity index (χ0n) is 7.45. The lowest BCUT2D eigenvalue weighted by Gasteiger charge is -2.19. The van der Waals surface area contributed by atoms with Crippen LogP contribution in [0.15, 0.2) is 18.2 Å². The smallest absolute Gasteiger partial charge is 0.128 e. The standard InChI is InChI=1S/C10H13NO2/c11-13-7-9-4-1-3-8-5-2-6-12-10(8)9/h1,3-4H,2,5-7,11H2. The van der Waals surface area contributed by atoms with Crippen molar-refractivity contribution in [2.75, 3.05) is 6.61 Å². The molecule has 1 aliphatic heterocycles. The molecule has 2 rings (SSSR count). The summed E-state index contributed by atoms with van der Waals surface area (Å²) in [7, 11) is 0. The van der Waals surface area contributed by atoms with Crippen LogP contribution in [0.1, 0.15) is 17.5 Å². The van der Waals surface area contributed by atoms with Gasteiger partial charge in [-0.3, -0.25) is 4.84 Å². The first-order valence-electron chi connectivity index (χ1n) is 4.47. The van der Waals surface area contributed by atoms with Crippen LogP contribution in [0, 0.1) is 0 Å². The highest BCUT2D eigenvalue weighted by Gasteiger charge is 2.13. The summed E-state index contributed by atoms with van der Waals surface area (Å²) in [5, 5.41) is 0. The van der Waals surface area contributed by atoms with Crippen molar-refractivity contribution in [2.45, 2.75) is 19.4 Å². The Balaban J connectivity index is 2.34. The summed E-state index contributed by atoms with van der Waals surface area (Å²) < 4.78 is 5.57. The Bertz CT molecular complexity index is 299. The van der Waals surface area contributed by atoms with Crippen molar-refractivity contribution in [3.63, 3.8) is 0 Å². The number of fused-ring (bicyclic) bond motifs is 1. The number of hydrogen-bond donors (Lipinski definition) is 1. The van der Waals surface area contributed by atoms with Gasteiger partial charge in [0.15, 0.2) is 0 Å². The second-order valence-electron chi connectivity index (χ2n) is 3.17. The highest BCUT2D eigenvalue weighted by molar-refractivity contribution is 5.42. The van der Waals surface area contributed by atoms with Crippen molar-refractivity contribution in [1.29, 1.82) is 0 Å². The van der Waals surface area contributed by atoms with Crippen LogP contribution in [0.2, 0.25) is 0 Å². The van der Waals surface area contributed by atoms with E-state index >= 15 is 0 Å². The van der Waals surface area contributed by atoms with E-state index in [1.165, 1.54) is 5.56 Å². The Morgan fingerprint density at radius 1 is 1.46 bits per heavy atom. The maximum atomic E-state index is 5.57. The third-order valence-electron chi connectivity index (χ3n) is 2.25. The second-order valence-corrected chi connectivity index (χ2v) is 3.17. The Labute approximate surface area is 77.4 Å². The van der Waals surface area contributed by atoms with Crippen LogP contribution in [-0.4, -0.2) is 6.61 Å². The van der Waals surface area contributed by atoms with Crippen molar-refractivity contribution >= 4 is 0 Å². The van der Waals surface area contributed by atoms with Gasteiger partial charge >= 0.3 is 0 Å². The van der Waals surface area contributed by atoms with E-state index in [1.54, 1.807) is 0 Å². The van der Waals surface area contributed by atoms with Gasteiger partial charge in [-0.1, -0.05) is 18.2 Å². The molecule has 3 heteroatoms. The first-order chi connectivity index (χ1) is 6.42. The average molecular weight is 179 g/mol. The lowest BCUT2D eigenvalue weighted by molar-refractivity contribution is 0.120. The average Bonchev–Trinajstić information content (AvgIpc) is 2.19. The topological polar surface area (TPSA) is 44.5 Å². The third-order valence-corrected chi connectivity index (χ3v) is 2.25. The normalized spacial score (nSPS) is 14.8. The van der Waals surface area contributed by atoms with Crippen molar-refractivity contribution in [3.05, 3.63) is 29.3 Å². The summed E-state index contributed by atoms with van der Waals surface area (Å²) in [4.78, 5) is 4.61. The summed E-state index contributed by atoms with van der Waals surface area (Å²) in [6.07, 6.45) is 2.19. The summed E-state index contributed by atoms with van der Waals surface area (Å²) in [5.41, 5.74) is 2.31. The van der Waals surface area contributed by atoms with Gasteiger partial charge in [-0.15, -0.1) is 0 Å². The Morgan fingerprint density at radius 2 is 2.38 bits per heavy atom. The molecule has 0 atom stereocenters. The predicted octanol–water partition coefficient (Wildman–Crippen LogP) is 1.40. The van der Waals surface area contributed by atoms with Gasteiger partial charge in [0.1, 0.15) is 5.75 Å². The van der Waals surface area contributed by atoms with E-state index in [1.807, 2.05) is 12.1 Å². The molecule has 1 heterocycles. The molecule has 0 saturated heterocycles. The highest BCUT2D eigenvalue weighted by atomic mass is 16.6. The van der Waals surface area contributed by atoms with E-state index in [0.717, 1.165) is 30.8 Å². The molecule has 13 heavy (non-hydrogen) atoms. The largest absolute Gasteiger partial charge is 0.493 e. The van der Waals surface area contributed by atoms with Crippen LogP contribution in [0.5, 0.6) is 5.75 Å². The molecule has 0 spiro atoms. The van der Waals surface area contributed by atoms with E-state index in [9.17, 15) is 0 Å². The minimum absolute atomic E-state index is 0.420. The maximum absolute atomic E-state index is 5.57. The second kappa shape index (κ2) is 3.77. The fourth-order valence-corrected chi connectivity index (χ4v) is 1.66. The lowest BCUT2D eigenvalue weighted by atomic mass is 10.0. The van der Waals surface area contributed by atoms with Gasteiger partial charge in [0, 0.05) is 5.56 Å². The molecule has 0 radical (unpaired) electrons. The molecule has 0 saturated carbocycles. The quantitative estimate of drug-likeness (QED) is 0.698. The van der Waals surface area contributed by atoms with Crippen LogP contribution in [0.25, 0.3) is 0 Å². The number of benzene rings is 1. The summed E-state index contributed by atoms with van der Waals surface area (Å²) in [6.45, 7) is 1.22. The fraction of sp³-hybridized carbons (Fsp3) is 0.400. The maximum Gasteiger partial charge on any atom is 0.128 e.